The molecular weight excluding hydrogens is 256 g/mol. The Hall–Kier alpha value is -2.56. The van der Waals surface area contributed by atoms with E-state index in [1.54, 1.807) is 0 Å². The Morgan fingerprint density at radius 3 is 2.70 bits per heavy atom. The van der Waals surface area contributed by atoms with Gasteiger partial charge in [-0.2, -0.15) is 4.98 Å². The molecule has 20 heavy (non-hydrogen) atoms. The van der Waals surface area contributed by atoms with Gasteiger partial charge >= 0.3 is 5.97 Å². The molecular formula is C15H14N2O3. The molecule has 5 nitrogen and oxygen atoms in total. The van der Waals surface area contributed by atoms with E-state index >= 15 is 0 Å². The maximum Gasteiger partial charge on any atom is 0.335 e. The first-order valence-electron chi connectivity index (χ1n) is 6.24. The number of aromatic nitrogens is 1. The van der Waals surface area contributed by atoms with Gasteiger partial charge in [-0.1, -0.05) is 30.3 Å². The molecule has 3 rings (SSSR count). The quantitative estimate of drug-likeness (QED) is 0.847. The average Bonchev–Trinajstić information content (AvgIpc) is 2.96. The third-order valence-electron chi connectivity index (χ3n) is 3.51. The summed E-state index contributed by atoms with van der Waals surface area (Å²) >= 11 is 0. The Morgan fingerprint density at radius 1 is 1.35 bits per heavy atom. The second kappa shape index (κ2) is 4.52. The van der Waals surface area contributed by atoms with Crippen molar-refractivity contribution in [1.82, 2.24) is 4.98 Å². The van der Waals surface area contributed by atoms with E-state index in [1.807, 2.05) is 37.3 Å². The van der Waals surface area contributed by atoms with E-state index in [0.29, 0.717) is 17.0 Å². The van der Waals surface area contributed by atoms with Crippen LogP contribution in [0, 0.1) is 0 Å². The fourth-order valence-electron chi connectivity index (χ4n) is 2.64. The minimum atomic E-state index is -0.372. The summed E-state index contributed by atoms with van der Waals surface area (Å²) in [6.45, 7) is 1.82. The number of carbonyl (C=O) groups excluding carboxylic acids is 1. The second-order valence-corrected chi connectivity index (χ2v) is 4.64. The molecule has 1 aliphatic carbocycles. The SMILES string of the molecule is COC(=O)C1=C(C)c2oc(N)nc2[C@@H]1c1ccccc1. The van der Waals surface area contributed by atoms with Crippen molar-refractivity contribution in [2.75, 3.05) is 12.8 Å². The molecule has 2 N–H and O–H groups in total. The van der Waals surface area contributed by atoms with Gasteiger partial charge in [0.15, 0.2) is 5.76 Å². The van der Waals surface area contributed by atoms with Crippen LogP contribution in [0.5, 0.6) is 0 Å². The highest BCUT2D eigenvalue weighted by Crippen LogP contribution is 2.46. The standard InChI is InChI=1S/C15H14N2O3/c1-8-10(14(18)19-2)11(9-6-4-3-5-7-9)12-13(8)20-15(16)17-12/h3-7,11H,1-2H3,(H2,16,17)/t11-/m1/s1. The third kappa shape index (κ3) is 1.71. The minimum absolute atomic E-state index is 0.110. The Morgan fingerprint density at radius 2 is 2.05 bits per heavy atom. The van der Waals surface area contributed by atoms with E-state index in [1.165, 1.54) is 7.11 Å². The summed E-state index contributed by atoms with van der Waals surface area (Å²) in [5.41, 5.74) is 8.54. The molecule has 1 aliphatic rings. The molecule has 0 saturated heterocycles. The highest BCUT2D eigenvalue weighted by atomic mass is 16.5. The van der Waals surface area contributed by atoms with Crippen molar-refractivity contribution >= 4 is 17.6 Å². The molecule has 0 fully saturated rings. The summed E-state index contributed by atoms with van der Waals surface area (Å²) in [5, 5.41) is 0. The highest BCUT2D eigenvalue weighted by molar-refractivity contribution is 6.02. The molecule has 1 heterocycles. The van der Waals surface area contributed by atoms with Crippen molar-refractivity contribution in [3.8, 4) is 0 Å². The summed E-state index contributed by atoms with van der Waals surface area (Å²) < 4.78 is 10.3. The molecule has 0 aliphatic heterocycles. The lowest BCUT2D eigenvalue weighted by molar-refractivity contribution is -0.136. The lowest BCUT2D eigenvalue weighted by Gasteiger charge is -2.13. The third-order valence-corrected chi connectivity index (χ3v) is 3.51. The first-order valence-corrected chi connectivity index (χ1v) is 6.24. The van der Waals surface area contributed by atoms with Crippen LogP contribution in [0.15, 0.2) is 40.3 Å². The Bertz CT molecular complexity index is 701. The zero-order valence-corrected chi connectivity index (χ0v) is 11.2. The maximum absolute atomic E-state index is 12.1. The first-order chi connectivity index (χ1) is 9.63. The molecule has 1 aromatic heterocycles. The summed E-state index contributed by atoms with van der Waals surface area (Å²) in [6, 6.07) is 9.76. The normalized spacial score (nSPS) is 17.2. The monoisotopic (exact) mass is 270 g/mol. The van der Waals surface area contributed by atoms with E-state index in [-0.39, 0.29) is 17.9 Å². The van der Waals surface area contributed by atoms with Gasteiger partial charge in [-0.15, -0.1) is 0 Å². The topological polar surface area (TPSA) is 78.3 Å². The molecule has 0 bridgehead atoms. The summed E-state index contributed by atoms with van der Waals surface area (Å²) in [4.78, 5) is 16.3. The number of carbonyl (C=O) groups is 1. The van der Waals surface area contributed by atoms with Gasteiger partial charge in [-0.05, 0) is 12.5 Å². The lowest BCUT2D eigenvalue weighted by atomic mass is 9.91. The Kier molecular flexibility index (Phi) is 2.82. The molecule has 5 heteroatoms. The number of ether oxygens (including phenoxy) is 1. The van der Waals surface area contributed by atoms with Gasteiger partial charge in [0.05, 0.1) is 18.6 Å². The van der Waals surface area contributed by atoms with Crippen molar-refractivity contribution in [2.24, 2.45) is 0 Å². The number of hydrogen-bond acceptors (Lipinski definition) is 5. The number of nitrogen functional groups attached to an aromatic ring is 1. The number of methoxy groups -OCH3 is 1. The number of nitrogens with zero attached hydrogens (tertiary/aromatic N) is 1. The second-order valence-electron chi connectivity index (χ2n) is 4.64. The van der Waals surface area contributed by atoms with Crippen LogP contribution in [0.4, 0.5) is 6.01 Å². The van der Waals surface area contributed by atoms with Crippen LogP contribution in [0.1, 0.15) is 29.9 Å². The van der Waals surface area contributed by atoms with Gasteiger partial charge in [0.2, 0.25) is 0 Å². The van der Waals surface area contributed by atoms with Gasteiger partial charge in [-0.3, -0.25) is 0 Å². The van der Waals surface area contributed by atoms with Crippen molar-refractivity contribution in [3.63, 3.8) is 0 Å². The number of esters is 1. The number of allylic oxidation sites excluding steroid dienone is 1. The van der Waals surface area contributed by atoms with Gasteiger partial charge in [0.25, 0.3) is 6.01 Å². The van der Waals surface area contributed by atoms with E-state index in [9.17, 15) is 4.79 Å². The Labute approximate surface area is 116 Å². The number of anilines is 1. The number of oxazole rings is 1. The smallest absolute Gasteiger partial charge is 0.335 e. The molecule has 0 unspecified atom stereocenters. The van der Waals surface area contributed by atoms with Crippen LogP contribution in [-0.4, -0.2) is 18.1 Å². The molecule has 0 spiro atoms. The lowest BCUT2D eigenvalue weighted by Crippen LogP contribution is -2.13. The van der Waals surface area contributed by atoms with E-state index in [2.05, 4.69) is 4.98 Å². The van der Waals surface area contributed by atoms with Gasteiger partial charge < -0.3 is 14.9 Å². The largest absolute Gasteiger partial charge is 0.466 e. The number of hydrogen-bond donors (Lipinski definition) is 1. The van der Waals surface area contributed by atoms with Gasteiger partial charge in [-0.25, -0.2) is 4.79 Å². The predicted molar refractivity (Wildman–Crippen MR) is 73.8 cm³/mol. The fraction of sp³-hybridized carbons (Fsp3) is 0.200. The fourth-order valence-corrected chi connectivity index (χ4v) is 2.64. The van der Waals surface area contributed by atoms with Crippen LogP contribution in [0.25, 0.3) is 5.57 Å². The zero-order chi connectivity index (χ0) is 14.3. The van der Waals surface area contributed by atoms with Gasteiger partial charge in [0.1, 0.15) is 5.69 Å². The minimum Gasteiger partial charge on any atom is -0.466 e. The van der Waals surface area contributed by atoms with Gasteiger partial charge in [0, 0.05) is 5.57 Å². The van der Waals surface area contributed by atoms with E-state index in [0.717, 1.165) is 11.1 Å². The highest BCUT2D eigenvalue weighted by Gasteiger charge is 2.39. The van der Waals surface area contributed by atoms with Crippen LogP contribution >= 0.6 is 0 Å². The molecule has 1 atom stereocenters. The first kappa shape index (κ1) is 12.5. The van der Waals surface area contributed by atoms with Crippen LogP contribution in [0.2, 0.25) is 0 Å². The van der Waals surface area contributed by atoms with E-state index < -0.39 is 0 Å². The summed E-state index contributed by atoms with van der Waals surface area (Å²) in [6.07, 6.45) is 0. The van der Waals surface area contributed by atoms with Crippen molar-refractivity contribution < 1.29 is 13.9 Å². The van der Waals surface area contributed by atoms with Crippen LogP contribution in [0.3, 0.4) is 0 Å². The average molecular weight is 270 g/mol. The molecule has 0 radical (unpaired) electrons. The van der Waals surface area contributed by atoms with Crippen molar-refractivity contribution in [1.29, 1.82) is 0 Å². The van der Waals surface area contributed by atoms with Crippen LogP contribution in [-0.2, 0) is 9.53 Å². The number of rotatable bonds is 2. The Balaban J connectivity index is 2.21. The summed E-state index contributed by atoms with van der Waals surface area (Å²) in [5.74, 6) is -0.0976. The molecule has 1 aromatic carbocycles. The predicted octanol–water partition coefficient (Wildman–Crippen LogP) is 2.35. The molecule has 0 amide bonds. The number of benzene rings is 1. The van der Waals surface area contributed by atoms with E-state index in [4.69, 9.17) is 14.9 Å². The van der Waals surface area contributed by atoms with Crippen LogP contribution < -0.4 is 5.73 Å². The summed E-state index contributed by atoms with van der Waals surface area (Å²) in [7, 11) is 1.37. The molecule has 102 valence electrons. The maximum atomic E-state index is 12.1. The number of nitrogens with two attached hydrogens (primary N) is 1. The number of fused-ring (bicyclic) bond motifs is 1. The molecule has 2 aromatic rings. The molecule has 0 saturated carbocycles. The van der Waals surface area contributed by atoms with Crippen molar-refractivity contribution in [2.45, 2.75) is 12.8 Å². The zero-order valence-electron chi connectivity index (χ0n) is 11.2. The van der Waals surface area contributed by atoms with Crippen molar-refractivity contribution in [3.05, 3.63) is 52.9 Å².